The van der Waals surface area contributed by atoms with Crippen LogP contribution in [0.1, 0.15) is 22.3 Å². The lowest BCUT2D eigenvalue weighted by atomic mass is 9.98. The summed E-state index contributed by atoms with van der Waals surface area (Å²) >= 11 is 7.11. The molecule has 3 heteroatoms. The predicted molar refractivity (Wildman–Crippen MR) is 117 cm³/mol. The average molecular weight is 475 g/mol. The first-order chi connectivity index (χ1) is 13.1. The number of benzene rings is 3. The quantitative estimate of drug-likeness (QED) is 0.201. The number of aryl methyl sites for hydroxylation is 1. The largest absolute Gasteiger partial charge is 0.192 e. The van der Waals surface area contributed by atoms with E-state index in [9.17, 15) is 5.26 Å². The molecule has 0 atom stereocenters. The summed E-state index contributed by atoms with van der Waals surface area (Å²) in [5.74, 6) is 6.24. The molecule has 0 saturated carbocycles. The summed E-state index contributed by atoms with van der Waals surface area (Å²) in [5.41, 5.74) is 7.78. The molecule has 0 aliphatic heterocycles. The van der Waals surface area contributed by atoms with Crippen molar-refractivity contribution in [2.24, 2.45) is 0 Å². The lowest BCUT2D eigenvalue weighted by Gasteiger charge is -2.04. The van der Waals surface area contributed by atoms with Crippen molar-refractivity contribution in [2.75, 3.05) is 0 Å². The van der Waals surface area contributed by atoms with E-state index in [0.717, 1.165) is 42.3 Å². The molecular formula is C24H13Br2N. The fraction of sp³-hybridized carbons (Fsp3) is 0.0417. The number of allylic oxidation sites excluding steroid dienone is 1. The van der Waals surface area contributed by atoms with Gasteiger partial charge in [0.2, 0.25) is 0 Å². The summed E-state index contributed by atoms with van der Waals surface area (Å²) in [4.78, 5) is 0. The van der Waals surface area contributed by atoms with E-state index in [-0.39, 0.29) is 0 Å². The van der Waals surface area contributed by atoms with Crippen molar-refractivity contribution < 1.29 is 0 Å². The molecule has 0 fully saturated rings. The SMILES string of the molecule is Cc1ccc(C#CC(C#N)=C2c3cc(Br)ccc3-c3ccc(Br)cc32)cc1. The maximum Gasteiger partial charge on any atom is 0.111 e. The molecule has 0 unspecified atom stereocenters. The third-order valence-electron chi connectivity index (χ3n) is 4.54. The fourth-order valence-electron chi connectivity index (χ4n) is 3.25. The van der Waals surface area contributed by atoms with Crippen molar-refractivity contribution >= 4 is 37.4 Å². The summed E-state index contributed by atoms with van der Waals surface area (Å²) < 4.78 is 1.96. The number of nitrogens with zero attached hydrogens (tertiary/aromatic N) is 1. The fourth-order valence-corrected chi connectivity index (χ4v) is 3.97. The first kappa shape index (κ1) is 17.8. The molecule has 0 aromatic heterocycles. The van der Waals surface area contributed by atoms with Crippen LogP contribution in [0, 0.1) is 30.1 Å². The third-order valence-corrected chi connectivity index (χ3v) is 5.52. The van der Waals surface area contributed by atoms with Crippen molar-refractivity contribution in [3.8, 4) is 29.0 Å². The van der Waals surface area contributed by atoms with Crippen molar-refractivity contribution in [1.82, 2.24) is 0 Å². The summed E-state index contributed by atoms with van der Waals surface area (Å²) in [5, 5.41) is 9.86. The van der Waals surface area contributed by atoms with Crippen molar-refractivity contribution in [2.45, 2.75) is 6.92 Å². The Morgan fingerprint density at radius 2 is 1.33 bits per heavy atom. The molecule has 1 nitrogen and oxygen atoms in total. The highest BCUT2D eigenvalue weighted by Crippen LogP contribution is 2.47. The highest BCUT2D eigenvalue weighted by Gasteiger charge is 2.26. The maximum absolute atomic E-state index is 9.86. The molecule has 0 amide bonds. The Balaban J connectivity index is 1.95. The van der Waals surface area contributed by atoms with E-state index >= 15 is 0 Å². The molecule has 0 heterocycles. The number of rotatable bonds is 0. The van der Waals surface area contributed by atoms with Gasteiger partial charge in [-0.1, -0.05) is 67.6 Å². The summed E-state index contributed by atoms with van der Waals surface area (Å²) in [6.07, 6.45) is 0. The zero-order valence-electron chi connectivity index (χ0n) is 14.5. The standard InChI is InChI=1S/C24H13Br2N/c1-15-2-4-16(5-3-15)6-7-17(14-27)24-22-12-18(25)8-10-20(22)21-11-9-19(26)13-23(21)24/h2-5,8-13H,1H3. The molecule has 0 spiro atoms. The van der Waals surface area contributed by atoms with E-state index in [2.05, 4.69) is 74.0 Å². The van der Waals surface area contributed by atoms with E-state index < -0.39 is 0 Å². The van der Waals surface area contributed by atoms with Gasteiger partial charge in [0.25, 0.3) is 0 Å². The molecule has 3 aromatic carbocycles. The lowest BCUT2D eigenvalue weighted by Crippen LogP contribution is -1.88. The second kappa shape index (κ2) is 7.20. The van der Waals surface area contributed by atoms with Gasteiger partial charge in [0, 0.05) is 20.1 Å². The molecule has 27 heavy (non-hydrogen) atoms. The minimum absolute atomic E-state index is 0.478. The van der Waals surface area contributed by atoms with Crippen molar-refractivity contribution in [1.29, 1.82) is 5.26 Å². The minimum Gasteiger partial charge on any atom is -0.192 e. The van der Waals surface area contributed by atoms with Gasteiger partial charge in [-0.25, -0.2) is 0 Å². The van der Waals surface area contributed by atoms with Crippen LogP contribution in [0.15, 0.2) is 75.2 Å². The van der Waals surface area contributed by atoms with Crippen LogP contribution in [0.2, 0.25) is 0 Å². The molecule has 1 aliphatic carbocycles. The molecule has 4 rings (SSSR count). The van der Waals surface area contributed by atoms with Gasteiger partial charge in [-0.05, 0) is 71.5 Å². The van der Waals surface area contributed by atoms with Gasteiger partial charge < -0.3 is 0 Å². The third kappa shape index (κ3) is 3.37. The van der Waals surface area contributed by atoms with Crippen LogP contribution >= 0.6 is 31.9 Å². The van der Waals surface area contributed by atoms with Crippen molar-refractivity contribution in [3.05, 3.63) is 97.4 Å². The Hall–Kier alpha value is -2.59. The van der Waals surface area contributed by atoms with Gasteiger partial charge in [0.1, 0.15) is 11.6 Å². The predicted octanol–water partition coefficient (Wildman–Crippen LogP) is 6.88. The maximum atomic E-state index is 9.86. The van der Waals surface area contributed by atoms with E-state index in [0.29, 0.717) is 5.57 Å². The second-order valence-electron chi connectivity index (χ2n) is 6.36. The lowest BCUT2D eigenvalue weighted by molar-refractivity contribution is 1.46. The molecule has 0 N–H and O–H groups in total. The van der Waals surface area contributed by atoms with Gasteiger partial charge in [0.15, 0.2) is 0 Å². The van der Waals surface area contributed by atoms with E-state index in [4.69, 9.17) is 0 Å². The number of nitriles is 1. The number of hydrogen-bond donors (Lipinski definition) is 0. The Morgan fingerprint density at radius 3 is 1.85 bits per heavy atom. The highest BCUT2D eigenvalue weighted by molar-refractivity contribution is 9.10. The summed E-state index contributed by atoms with van der Waals surface area (Å²) in [6.45, 7) is 2.04. The highest BCUT2D eigenvalue weighted by atomic mass is 79.9. The minimum atomic E-state index is 0.478. The topological polar surface area (TPSA) is 23.8 Å². The zero-order valence-corrected chi connectivity index (χ0v) is 17.6. The second-order valence-corrected chi connectivity index (χ2v) is 8.19. The van der Waals surface area contributed by atoms with E-state index in [1.165, 1.54) is 5.56 Å². The van der Waals surface area contributed by atoms with Crippen LogP contribution in [0.25, 0.3) is 16.7 Å². The molecule has 3 aromatic rings. The first-order valence-corrected chi connectivity index (χ1v) is 9.99. The van der Waals surface area contributed by atoms with Gasteiger partial charge in [0.05, 0.1) is 0 Å². The number of halogens is 2. The Labute approximate surface area is 175 Å². The smallest absolute Gasteiger partial charge is 0.111 e. The number of hydrogen-bond acceptors (Lipinski definition) is 1. The first-order valence-electron chi connectivity index (χ1n) is 8.40. The van der Waals surface area contributed by atoms with Crippen LogP contribution in [-0.4, -0.2) is 0 Å². The molecule has 128 valence electrons. The number of fused-ring (bicyclic) bond motifs is 3. The van der Waals surface area contributed by atoms with Gasteiger partial charge in [-0.15, -0.1) is 0 Å². The zero-order chi connectivity index (χ0) is 19.0. The Morgan fingerprint density at radius 1 is 0.778 bits per heavy atom. The van der Waals surface area contributed by atoms with Crippen LogP contribution in [0.5, 0.6) is 0 Å². The van der Waals surface area contributed by atoms with Crippen LogP contribution in [0.3, 0.4) is 0 Å². The van der Waals surface area contributed by atoms with E-state index in [1.807, 2.05) is 43.3 Å². The average Bonchev–Trinajstić information content (AvgIpc) is 2.96. The van der Waals surface area contributed by atoms with Crippen LogP contribution < -0.4 is 0 Å². The normalized spacial score (nSPS) is 11.1. The molecule has 0 bridgehead atoms. The van der Waals surface area contributed by atoms with Gasteiger partial charge in [-0.3, -0.25) is 0 Å². The molecular weight excluding hydrogens is 462 g/mol. The monoisotopic (exact) mass is 473 g/mol. The van der Waals surface area contributed by atoms with Gasteiger partial charge in [-0.2, -0.15) is 5.26 Å². The molecule has 0 radical (unpaired) electrons. The summed E-state index contributed by atoms with van der Waals surface area (Å²) in [7, 11) is 0. The van der Waals surface area contributed by atoms with Crippen molar-refractivity contribution in [3.63, 3.8) is 0 Å². The van der Waals surface area contributed by atoms with Crippen LogP contribution in [-0.2, 0) is 0 Å². The van der Waals surface area contributed by atoms with Crippen LogP contribution in [0.4, 0.5) is 0 Å². The molecule has 0 saturated heterocycles. The molecule has 1 aliphatic rings. The summed E-state index contributed by atoms with van der Waals surface area (Å²) in [6, 6.07) is 22.7. The Kier molecular flexibility index (Phi) is 4.75. The van der Waals surface area contributed by atoms with Gasteiger partial charge >= 0.3 is 0 Å². The van der Waals surface area contributed by atoms with E-state index in [1.54, 1.807) is 0 Å². The Bertz CT molecular complexity index is 1150.